The fourth-order valence-electron chi connectivity index (χ4n) is 2.10. The number of aromatic nitrogens is 1. The molecule has 0 unspecified atom stereocenters. The largest absolute Gasteiger partial charge is 0.454 e. The molecule has 0 aliphatic rings. The molecule has 1 aromatic carbocycles. The van der Waals surface area contributed by atoms with Crippen LogP contribution in [0.5, 0.6) is 0 Å². The number of nitrogens with zero attached hydrogens (tertiary/aromatic N) is 1. The van der Waals surface area contributed by atoms with Gasteiger partial charge in [0, 0.05) is 17.0 Å². The molecular weight excluding hydrogens is 210 g/mol. The van der Waals surface area contributed by atoms with Gasteiger partial charge in [-0.05, 0) is 29.2 Å². The lowest BCUT2D eigenvalue weighted by atomic mass is 9.86. The number of rotatable bonds is 0. The van der Waals surface area contributed by atoms with Crippen molar-refractivity contribution in [2.75, 3.05) is 0 Å². The van der Waals surface area contributed by atoms with E-state index in [2.05, 4.69) is 44.0 Å². The first-order chi connectivity index (χ1) is 8.05. The molecule has 0 aliphatic carbocycles. The number of furan rings is 1. The van der Waals surface area contributed by atoms with E-state index in [9.17, 15) is 0 Å². The Morgan fingerprint density at radius 2 is 1.82 bits per heavy atom. The summed E-state index contributed by atoms with van der Waals surface area (Å²) < 4.78 is 5.76. The zero-order chi connectivity index (χ0) is 12.0. The van der Waals surface area contributed by atoms with Gasteiger partial charge in [0.05, 0.1) is 6.20 Å². The summed E-state index contributed by atoms with van der Waals surface area (Å²) in [6.07, 6.45) is 3.58. The number of fused-ring (bicyclic) bond motifs is 3. The maximum atomic E-state index is 5.76. The van der Waals surface area contributed by atoms with Gasteiger partial charge in [-0.25, -0.2) is 0 Å². The first-order valence-electron chi connectivity index (χ1n) is 5.82. The predicted molar refractivity (Wildman–Crippen MR) is 70.2 cm³/mol. The van der Waals surface area contributed by atoms with E-state index in [1.165, 1.54) is 10.9 Å². The summed E-state index contributed by atoms with van der Waals surface area (Å²) in [5, 5.41) is 2.32. The van der Waals surface area contributed by atoms with Crippen LogP contribution in [0.3, 0.4) is 0 Å². The van der Waals surface area contributed by atoms with Crippen molar-refractivity contribution in [3.8, 4) is 0 Å². The highest BCUT2D eigenvalue weighted by atomic mass is 16.3. The number of benzene rings is 1. The third-order valence-corrected chi connectivity index (χ3v) is 3.14. The van der Waals surface area contributed by atoms with Gasteiger partial charge < -0.3 is 4.42 Å². The highest BCUT2D eigenvalue weighted by Gasteiger charge is 2.15. The van der Waals surface area contributed by atoms with Crippen LogP contribution >= 0.6 is 0 Å². The maximum Gasteiger partial charge on any atom is 0.153 e. The molecule has 2 aromatic heterocycles. The molecule has 86 valence electrons. The van der Waals surface area contributed by atoms with Gasteiger partial charge in [0.15, 0.2) is 5.58 Å². The van der Waals surface area contributed by atoms with Crippen LogP contribution in [0.4, 0.5) is 0 Å². The molecule has 2 nitrogen and oxygen atoms in total. The zero-order valence-electron chi connectivity index (χ0n) is 10.3. The molecule has 17 heavy (non-hydrogen) atoms. The van der Waals surface area contributed by atoms with Gasteiger partial charge in [0.1, 0.15) is 5.58 Å². The van der Waals surface area contributed by atoms with E-state index in [4.69, 9.17) is 4.42 Å². The van der Waals surface area contributed by atoms with Crippen molar-refractivity contribution in [2.45, 2.75) is 26.2 Å². The minimum absolute atomic E-state index is 0.158. The lowest BCUT2D eigenvalue weighted by Crippen LogP contribution is -2.10. The highest BCUT2D eigenvalue weighted by Crippen LogP contribution is 2.32. The van der Waals surface area contributed by atoms with E-state index in [1.807, 2.05) is 6.07 Å². The van der Waals surface area contributed by atoms with Crippen molar-refractivity contribution in [1.82, 2.24) is 4.98 Å². The Morgan fingerprint density at radius 3 is 2.59 bits per heavy atom. The molecule has 0 spiro atoms. The van der Waals surface area contributed by atoms with E-state index in [0.29, 0.717) is 0 Å². The Bertz CT molecular complexity index is 689. The van der Waals surface area contributed by atoms with Crippen LogP contribution in [-0.2, 0) is 5.41 Å². The van der Waals surface area contributed by atoms with Crippen molar-refractivity contribution in [3.63, 3.8) is 0 Å². The molecule has 0 bridgehead atoms. The fraction of sp³-hybridized carbons (Fsp3) is 0.267. The Kier molecular flexibility index (Phi) is 2.02. The molecule has 0 saturated heterocycles. The van der Waals surface area contributed by atoms with Crippen molar-refractivity contribution in [3.05, 3.63) is 42.2 Å². The summed E-state index contributed by atoms with van der Waals surface area (Å²) in [4.78, 5) is 4.09. The second-order valence-electron chi connectivity index (χ2n) is 5.43. The molecule has 0 aliphatic heterocycles. The summed E-state index contributed by atoms with van der Waals surface area (Å²) in [7, 11) is 0. The summed E-state index contributed by atoms with van der Waals surface area (Å²) in [6.45, 7) is 6.66. The monoisotopic (exact) mass is 225 g/mol. The molecule has 2 heteroatoms. The van der Waals surface area contributed by atoms with Crippen LogP contribution in [0.2, 0.25) is 0 Å². The van der Waals surface area contributed by atoms with Crippen molar-refractivity contribution in [2.24, 2.45) is 0 Å². The molecule has 0 amide bonds. The van der Waals surface area contributed by atoms with Gasteiger partial charge in [0.25, 0.3) is 0 Å². The topological polar surface area (TPSA) is 26.0 Å². The van der Waals surface area contributed by atoms with Gasteiger partial charge in [0.2, 0.25) is 0 Å². The second kappa shape index (κ2) is 3.33. The van der Waals surface area contributed by atoms with Gasteiger partial charge in [-0.3, -0.25) is 4.98 Å². The highest BCUT2D eigenvalue weighted by molar-refractivity contribution is 6.04. The van der Waals surface area contributed by atoms with Crippen molar-refractivity contribution in [1.29, 1.82) is 0 Å². The van der Waals surface area contributed by atoms with Gasteiger partial charge in [-0.2, -0.15) is 0 Å². The van der Waals surface area contributed by atoms with Gasteiger partial charge in [-0.15, -0.1) is 0 Å². The molecule has 0 radical (unpaired) electrons. The third kappa shape index (κ3) is 1.60. The SMILES string of the molecule is CC(C)(C)c1ccc2oc3cnccc3c2c1. The van der Waals surface area contributed by atoms with E-state index in [1.54, 1.807) is 12.4 Å². The summed E-state index contributed by atoms with van der Waals surface area (Å²) in [5.74, 6) is 0. The standard InChI is InChI=1S/C15H15NO/c1-15(2,3)10-4-5-13-12(8-10)11-6-7-16-9-14(11)17-13/h4-9H,1-3H3. The Morgan fingerprint density at radius 1 is 1.00 bits per heavy atom. The minimum Gasteiger partial charge on any atom is -0.454 e. The smallest absolute Gasteiger partial charge is 0.153 e. The summed E-state index contributed by atoms with van der Waals surface area (Å²) in [5.41, 5.74) is 3.27. The van der Waals surface area contributed by atoms with Crippen molar-refractivity contribution >= 4 is 21.9 Å². The zero-order valence-corrected chi connectivity index (χ0v) is 10.3. The predicted octanol–water partition coefficient (Wildman–Crippen LogP) is 4.28. The van der Waals surface area contributed by atoms with Gasteiger partial charge >= 0.3 is 0 Å². The second-order valence-corrected chi connectivity index (χ2v) is 5.43. The normalized spacial score (nSPS) is 12.4. The average Bonchev–Trinajstić information content (AvgIpc) is 2.65. The Hall–Kier alpha value is -1.83. The fourth-order valence-corrected chi connectivity index (χ4v) is 2.10. The molecule has 3 aromatic rings. The Labute approximate surface area is 100 Å². The van der Waals surface area contributed by atoms with Crippen LogP contribution in [0, 0.1) is 0 Å². The van der Waals surface area contributed by atoms with Crippen LogP contribution in [-0.4, -0.2) is 4.98 Å². The number of hydrogen-bond acceptors (Lipinski definition) is 2. The lowest BCUT2D eigenvalue weighted by Gasteiger charge is -2.18. The number of pyridine rings is 1. The van der Waals surface area contributed by atoms with Crippen LogP contribution in [0.25, 0.3) is 21.9 Å². The molecule has 0 N–H and O–H groups in total. The quantitative estimate of drug-likeness (QED) is 0.570. The molecule has 0 saturated carbocycles. The molecular formula is C15H15NO. The van der Waals surface area contributed by atoms with E-state index >= 15 is 0 Å². The minimum atomic E-state index is 0.158. The van der Waals surface area contributed by atoms with E-state index < -0.39 is 0 Å². The average molecular weight is 225 g/mol. The Balaban J connectivity index is 2.38. The first kappa shape index (κ1) is 10.3. The van der Waals surface area contributed by atoms with E-state index in [0.717, 1.165) is 16.6 Å². The van der Waals surface area contributed by atoms with E-state index in [-0.39, 0.29) is 5.41 Å². The number of hydrogen-bond donors (Lipinski definition) is 0. The summed E-state index contributed by atoms with van der Waals surface area (Å²) >= 11 is 0. The van der Waals surface area contributed by atoms with Crippen LogP contribution in [0.15, 0.2) is 41.1 Å². The maximum absolute atomic E-state index is 5.76. The third-order valence-electron chi connectivity index (χ3n) is 3.14. The van der Waals surface area contributed by atoms with Crippen molar-refractivity contribution < 1.29 is 4.42 Å². The van der Waals surface area contributed by atoms with Gasteiger partial charge in [-0.1, -0.05) is 26.8 Å². The molecule has 0 atom stereocenters. The van der Waals surface area contributed by atoms with Crippen LogP contribution in [0.1, 0.15) is 26.3 Å². The molecule has 0 fully saturated rings. The molecule has 2 heterocycles. The molecule has 3 rings (SSSR count). The van der Waals surface area contributed by atoms with Crippen LogP contribution < -0.4 is 0 Å². The summed E-state index contributed by atoms with van der Waals surface area (Å²) in [6, 6.07) is 8.42. The first-order valence-corrected chi connectivity index (χ1v) is 5.82. The lowest BCUT2D eigenvalue weighted by molar-refractivity contribution is 0.590.